The number of nitrogens with two attached hydrogens (primary N) is 1. The molecule has 2 rings (SSSR count). The Morgan fingerprint density at radius 3 is 2.39 bits per heavy atom. The fourth-order valence-electron chi connectivity index (χ4n) is 1.86. The average molecular weight is 323 g/mol. The van der Waals surface area contributed by atoms with Gasteiger partial charge in [0.05, 0.1) is 12.1 Å². The van der Waals surface area contributed by atoms with Crippen molar-refractivity contribution in [1.29, 1.82) is 0 Å². The number of nitrogens with one attached hydrogen (secondary N) is 1. The number of para-hydroxylation sites is 2. The third-order valence-corrected chi connectivity index (χ3v) is 2.87. The molecule has 0 atom stereocenters. The van der Waals surface area contributed by atoms with Crippen LogP contribution in [0, 0.1) is 0 Å². The molecule has 2 aromatic rings. The number of rotatable bonds is 5. The van der Waals surface area contributed by atoms with Crippen molar-refractivity contribution in [3.8, 4) is 5.75 Å². The van der Waals surface area contributed by atoms with Gasteiger partial charge < -0.3 is 15.8 Å². The molecule has 0 saturated heterocycles. The van der Waals surface area contributed by atoms with Gasteiger partial charge in [0.15, 0.2) is 5.96 Å². The molecule has 0 aliphatic rings. The number of hydrogen-bond acceptors (Lipinski definition) is 2. The number of hydrogen-bond donors (Lipinski definition) is 2. The molecule has 0 unspecified atom stereocenters. The van der Waals surface area contributed by atoms with E-state index < -0.39 is 11.7 Å². The number of ether oxygens (including phenoxy) is 1. The molecule has 4 nitrogen and oxygen atoms in total. The number of anilines is 1. The maximum Gasteiger partial charge on any atom is 0.419 e. The Bertz CT molecular complexity index is 657. The molecule has 2 aromatic carbocycles. The van der Waals surface area contributed by atoms with Crippen molar-refractivity contribution >= 4 is 11.6 Å². The van der Waals surface area contributed by atoms with E-state index in [9.17, 15) is 13.2 Å². The summed E-state index contributed by atoms with van der Waals surface area (Å²) in [6, 6.07) is 14.2. The molecule has 0 amide bonds. The molecule has 122 valence electrons. The quantitative estimate of drug-likeness (QED) is 0.503. The first-order valence-corrected chi connectivity index (χ1v) is 6.88. The van der Waals surface area contributed by atoms with E-state index >= 15 is 0 Å². The van der Waals surface area contributed by atoms with E-state index in [1.807, 2.05) is 30.3 Å². The van der Waals surface area contributed by atoms with E-state index in [0.717, 1.165) is 11.8 Å². The Kier molecular flexibility index (Phi) is 5.46. The molecule has 0 aliphatic heterocycles. The highest BCUT2D eigenvalue weighted by molar-refractivity contribution is 5.92. The van der Waals surface area contributed by atoms with E-state index in [2.05, 4.69) is 10.3 Å². The van der Waals surface area contributed by atoms with E-state index in [4.69, 9.17) is 10.5 Å². The highest BCUT2D eigenvalue weighted by atomic mass is 19.4. The standard InChI is InChI=1S/C16H16F3N3O/c17-16(18,19)13-8-4-5-9-14(13)23-11-10-21-15(20)22-12-6-2-1-3-7-12/h1-9H,10-11H2,(H3,20,21,22). The Morgan fingerprint density at radius 2 is 1.70 bits per heavy atom. The molecular formula is C16H16F3N3O. The smallest absolute Gasteiger partial charge is 0.419 e. The SMILES string of the molecule is NC(=NCCOc1ccccc1C(F)(F)F)Nc1ccccc1. The molecule has 0 aromatic heterocycles. The summed E-state index contributed by atoms with van der Waals surface area (Å²) in [4.78, 5) is 4.00. The minimum Gasteiger partial charge on any atom is -0.491 e. The number of halogens is 3. The van der Waals surface area contributed by atoms with Gasteiger partial charge in [0.25, 0.3) is 0 Å². The lowest BCUT2D eigenvalue weighted by atomic mass is 10.2. The number of aliphatic imine (C=N–C) groups is 1. The van der Waals surface area contributed by atoms with Crippen LogP contribution in [0.25, 0.3) is 0 Å². The predicted molar refractivity (Wildman–Crippen MR) is 83.5 cm³/mol. The Labute approximate surface area is 131 Å². The van der Waals surface area contributed by atoms with Gasteiger partial charge in [-0.1, -0.05) is 30.3 Å². The summed E-state index contributed by atoms with van der Waals surface area (Å²) in [5.41, 5.74) is 5.66. The summed E-state index contributed by atoms with van der Waals surface area (Å²) in [6.07, 6.45) is -4.45. The summed E-state index contributed by atoms with van der Waals surface area (Å²) in [5.74, 6) is -0.0475. The third-order valence-electron chi connectivity index (χ3n) is 2.87. The zero-order valence-corrected chi connectivity index (χ0v) is 12.2. The first-order valence-electron chi connectivity index (χ1n) is 6.88. The third kappa shape index (κ3) is 5.21. The summed E-state index contributed by atoms with van der Waals surface area (Å²) in [5, 5.41) is 2.87. The van der Waals surface area contributed by atoms with E-state index in [1.165, 1.54) is 18.2 Å². The first kappa shape index (κ1) is 16.7. The second-order valence-corrected chi connectivity index (χ2v) is 4.60. The van der Waals surface area contributed by atoms with Crippen LogP contribution in [-0.2, 0) is 6.18 Å². The van der Waals surface area contributed by atoms with Crippen molar-refractivity contribution in [3.63, 3.8) is 0 Å². The molecule has 0 aliphatic carbocycles. The molecule has 3 N–H and O–H groups in total. The molecule has 7 heteroatoms. The predicted octanol–water partition coefficient (Wildman–Crippen LogP) is 3.51. The van der Waals surface area contributed by atoms with Gasteiger partial charge in [-0.2, -0.15) is 13.2 Å². The first-order chi connectivity index (χ1) is 11.0. The molecule has 0 radical (unpaired) electrons. The normalized spacial score (nSPS) is 12.0. The van der Waals surface area contributed by atoms with Gasteiger partial charge in [-0.3, -0.25) is 0 Å². The van der Waals surface area contributed by atoms with Crippen LogP contribution in [0.2, 0.25) is 0 Å². The minimum absolute atomic E-state index is 0.00966. The van der Waals surface area contributed by atoms with Crippen LogP contribution in [0.5, 0.6) is 5.75 Å². The topological polar surface area (TPSA) is 59.6 Å². The van der Waals surface area contributed by atoms with Crippen molar-refractivity contribution in [3.05, 3.63) is 60.2 Å². The summed E-state index contributed by atoms with van der Waals surface area (Å²) in [7, 11) is 0. The Balaban J connectivity index is 1.87. The second-order valence-electron chi connectivity index (χ2n) is 4.60. The zero-order valence-electron chi connectivity index (χ0n) is 12.2. The molecule has 0 bridgehead atoms. The molecule has 0 fully saturated rings. The van der Waals surface area contributed by atoms with Crippen LogP contribution in [0.15, 0.2) is 59.6 Å². The van der Waals surface area contributed by atoms with Gasteiger partial charge in [0.2, 0.25) is 0 Å². The monoisotopic (exact) mass is 323 g/mol. The van der Waals surface area contributed by atoms with Gasteiger partial charge >= 0.3 is 6.18 Å². The van der Waals surface area contributed by atoms with Crippen LogP contribution in [0.4, 0.5) is 18.9 Å². The lowest BCUT2D eigenvalue weighted by Crippen LogP contribution is -2.23. The van der Waals surface area contributed by atoms with E-state index in [0.29, 0.717) is 0 Å². The van der Waals surface area contributed by atoms with Gasteiger partial charge in [-0.15, -0.1) is 0 Å². The van der Waals surface area contributed by atoms with Crippen molar-refractivity contribution in [2.24, 2.45) is 10.7 Å². The fraction of sp³-hybridized carbons (Fsp3) is 0.188. The molecule has 0 saturated carbocycles. The highest BCUT2D eigenvalue weighted by Gasteiger charge is 2.33. The second kappa shape index (κ2) is 7.53. The Morgan fingerprint density at radius 1 is 1.04 bits per heavy atom. The van der Waals surface area contributed by atoms with E-state index in [-0.39, 0.29) is 24.9 Å². The van der Waals surface area contributed by atoms with Gasteiger partial charge in [0, 0.05) is 5.69 Å². The summed E-state index contributed by atoms with van der Waals surface area (Å²) < 4.78 is 43.5. The van der Waals surface area contributed by atoms with Gasteiger partial charge in [-0.05, 0) is 24.3 Å². The highest BCUT2D eigenvalue weighted by Crippen LogP contribution is 2.35. The largest absolute Gasteiger partial charge is 0.491 e. The van der Waals surface area contributed by atoms with Crippen molar-refractivity contribution in [2.45, 2.75) is 6.18 Å². The maximum atomic E-state index is 12.8. The fourth-order valence-corrected chi connectivity index (χ4v) is 1.86. The van der Waals surface area contributed by atoms with Crippen molar-refractivity contribution < 1.29 is 17.9 Å². The molecule has 0 heterocycles. The molecular weight excluding hydrogens is 307 g/mol. The van der Waals surface area contributed by atoms with Crippen LogP contribution in [0.3, 0.4) is 0 Å². The lowest BCUT2D eigenvalue weighted by molar-refractivity contribution is -0.138. The number of nitrogens with zero attached hydrogens (tertiary/aromatic N) is 1. The number of benzene rings is 2. The number of alkyl halides is 3. The zero-order chi connectivity index (χ0) is 16.7. The maximum absolute atomic E-state index is 12.8. The van der Waals surface area contributed by atoms with Gasteiger partial charge in [0.1, 0.15) is 12.4 Å². The molecule has 0 spiro atoms. The average Bonchev–Trinajstić information content (AvgIpc) is 2.52. The number of guanidine groups is 1. The van der Waals surface area contributed by atoms with Crippen LogP contribution in [0.1, 0.15) is 5.56 Å². The summed E-state index contributed by atoms with van der Waals surface area (Å²) >= 11 is 0. The van der Waals surface area contributed by atoms with Crippen LogP contribution >= 0.6 is 0 Å². The van der Waals surface area contributed by atoms with Crippen LogP contribution < -0.4 is 15.8 Å². The van der Waals surface area contributed by atoms with E-state index in [1.54, 1.807) is 0 Å². The van der Waals surface area contributed by atoms with Crippen molar-refractivity contribution in [1.82, 2.24) is 0 Å². The minimum atomic E-state index is -4.45. The lowest BCUT2D eigenvalue weighted by Gasteiger charge is -2.13. The van der Waals surface area contributed by atoms with Gasteiger partial charge in [-0.25, -0.2) is 4.99 Å². The molecule has 23 heavy (non-hydrogen) atoms. The Hall–Kier alpha value is -2.70. The van der Waals surface area contributed by atoms with Crippen molar-refractivity contribution in [2.75, 3.05) is 18.5 Å². The summed E-state index contributed by atoms with van der Waals surface area (Å²) in [6.45, 7) is 0.127. The van der Waals surface area contributed by atoms with Crippen LogP contribution in [-0.4, -0.2) is 19.1 Å².